The van der Waals surface area contributed by atoms with Crippen molar-refractivity contribution in [3.63, 3.8) is 0 Å². The summed E-state index contributed by atoms with van der Waals surface area (Å²) in [6.07, 6.45) is 5.70. The first kappa shape index (κ1) is 17.9. The van der Waals surface area contributed by atoms with Crippen LogP contribution in [-0.2, 0) is 4.79 Å². The van der Waals surface area contributed by atoms with E-state index < -0.39 is 0 Å². The van der Waals surface area contributed by atoms with Gasteiger partial charge in [-0.1, -0.05) is 6.07 Å². The Morgan fingerprint density at radius 1 is 1.28 bits per heavy atom. The molecule has 136 valence electrons. The fourth-order valence-electron chi connectivity index (χ4n) is 3.92. The van der Waals surface area contributed by atoms with Crippen LogP contribution in [0.1, 0.15) is 48.2 Å². The SMILES string of the molecule is Cc1ccc(C(=O)N2CCC3(CCC(=O)N(CCCO)C3)CC2)nc1. The maximum atomic E-state index is 12.6. The first-order valence-electron chi connectivity index (χ1n) is 9.14. The summed E-state index contributed by atoms with van der Waals surface area (Å²) in [5, 5.41) is 9.02. The lowest BCUT2D eigenvalue weighted by atomic mass is 9.72. The summed E-state index contributed by atoms with van der Waals surface area (Å²) in [6.45, 7) is 4.90. The molecule has 1 spiro atoms. The van der Waals surface area contributed by atoms with E-state index in [-0.39, 0.29) is 23.8 Å². The molecule has 6 nitrogen and oxygen atoms in total. The van der Waals surface area contributed by atoms with Gasteiger partial charge >= 0.3 is 0 Å². The van der Waals surface area contributed by atoms with Crippen molar-refractivity contribution in [2.75, 3.05) is 32.8 Å². The van der Waals surface area contributed by atoms with Gasteiger partial charge < -0.3 is 14.9 Å². The lowest BCUT2D eigenvalue weighted by Gasteiger charge is -2.47. The minimum Gasteiger partial charge on any atom is -0.396 e. The highest BCUT2D eigenvalue weighted by Crippen LogP contribution is 2.40. The number of aromatic nitrogens is 1. The molecule has 1 N–H and O–H groups in total. The zero-order valence-corrected chi connectivity index (χ0v) is 14.9. The van der Waals surface area contributed by atoms with Crippen LogP contribution >= 0.6 is 0 Å². The van der Waals surface area contributed by atoms with Crippen LogP contribution in [0.15, 0.2) is 18.3 Å². The topological polar surface area (TPSA) is 73.7 Å². The maximum absolute atomic E-state index is 12.6. The van der Waals surface area contributed by atoms with Crippen molar-refractivity contribution < 1.29 is 14.7 Å². The molecule has 3 heterocycles. The molecule has 0 atom stereocenters. The van der Waals surface area contributed by atoms with Gasteiger partial charge in [0.05, 0.1) is 0 Å². The van der Waals surface area contributed by atoms with E-state index in [0.717, 1.165) is 44.5 Å². The highest BCUT2D eigenvalue weighted by atomic mass is 16.3. The van der Waals surface area contributed by atoms with Crippen molar-refractivity contribution in [3.8, 4) is 0 Å². The third-order valence-electron chi connectivity index (χ3n) is 5.58. The van der Waals surface area contributed by atoms with Gasteiger partial charge in [0.25, 0.3) is 5.91 Å². The first-order chi connectivity index (χ1) is 12.0. The fourth-order valence-corrected chi connectivity index (χ4v) is 3.92. The van der Waals surface area contributed by atoms with Crippen LogP contribution in [0.2, 0.25) is 0 Å². The predicted octanol–water partition coefficient (Wildman–Crippen LogP) is 1.62. The van der Waals surface area contributed by atoms with Crippen LogP contribution in [0, 0.1) is 12.3 Å². The average Bonchev–Trinajstić information content (AvgIpc) is 2.63. The Kier molecular flexibility index (Phi) is 5.37. The van der Waals surface area contributed by atoms with Crippen molar-refractivity contribution in [2.24, 2.45) is 5.41 Å². The summed E-state index contributed by atoms with van der Waals surface area (Å²) in [6, 6.07) is 3.70. The fraction of sp³-hybridized carbons (Fsp3) is 0.632. The third-order valence-corrected chi connectivity index (χ3v) is 5.58. The quantitative estimate of drug-likeness (QED) is 0.900. The largest absolute Gasteiger partial charge is 0.396 e. The molecule has 25 heavy (non-hydrogen) atoms. The Morgan fingerprint density at radius 3 is 2.68 bits per heavy atom. The standard InChI is InChI=1S/C19H27N3O3/c1-15-3-4-16(20-13-15)18(25)21-10-7-19(8-11-21)6-5-17(24)22(14-19)9-2-12-23/h3-4,13,23H,2,5-12,14H2,1H3. The van der Waals surface area contributed by atoms with Gasteiger partial charge in [-0.2, -0.15) is 0 Å². The normalized spacial score (nSPS) is 20.2. The third kappa shape index (κ3) is 4.00. The van der Waals surface area contributed by atoms with Gasteiger partial charge in [0.2, 0.25) is 5.91 Å². The molecule has 0 saturated carbocycles. The average molecular weight is 345 g/mol. The number of hydrogen-bond donors (Lipinski definition) is 1. The molecule has 0 aromatic carbocycles. The number of nitrogens with zero attached hydrogens (tertiary/aromatic N) is 3. The number of carbonyl (C=O) groups excluding carboxylic acids is 2. The lowest BCUT2D eigenvalue weighted by molar-refractivity contribution is -0.139. The minimum atomic E-state index is -0.00104. The zero-order valence-electron chi connectivity index (χ0n) is 14.9. The summed E-state index contributed by atoms with van der Waals surface area (Å²) >= 11 is 0. The second kappa shape index (κ2) is 7.52. The Hall–Kier alpha value is -1.95. The maximum Gasteiger partial charge on any atom is 0.272 e. The summed E-state index contributed by atoms with van der Waals surface area (Å²) in [7, 11) is 0. The molecule has 2 aliphatic rings. The number of amides is 2. The summed E-state index contributed by atoms with van der Waals surface area (Å²) in [4.78, 5) is 32.7. The molecule has 0 unspecified atom stereocenters. The van der Waals surface area contributed by atoms with Crippen LogP contribution in [0.4, 0.5) is 0 Å². The smallest absolute Gasteiger partial charge is 0.272 e. The van der Waals surface area contributed by atoms with E-state index in [1.165, 1.54) is 0 Å². The van der Waals surface area contributed by atoms with E-state index in [4.69, 9.17) is 5.11 Å². The van der Waals surface area contributed by atoms with Gasteiger partial charge in [-0.15, -0.1) is 0 Å². The number of aliphatic hydroxyl groups excluding tert-OH is 1. The molecule has 1 aromatic heterocycles. The molecule has 2 saturated heterocycles. The number of aliphatic hydroxyl groups is 1. The second-order valence-corrected chi connectivity index (χ2v) is 7.41. The number of hydrogen-bond acceptors (Lipinski definition) is 4. The lowest BCUT2D eigenvalue weighted by Crippen LogP contribution is -2.52. The molecule has 6 heteroatoms. The molecule has 1 aromatic rings. The number of aryl methyl sites for hydroxylation is 1. The number of pyridine rings is 1. The molecule has 0 radical (unpaired) electrons. The van der Waals surface area contributed by atoms with Gasteiger partial charge in [0.1, 0.15) is 5.69 Å². The van der Waals surface area contributed by atoms with Crippen molar-refractivity contribution in [2.45, 2.75) is 39.0 Å². The Balaban J connectivity index is 1.60. The van der Waals surface area contributed by atoms with E-state index >= 15 is 0 Å². The molecular formula is C19H27N3O3. The van der Waals surface area contributed by atoms with Gasteiger partial charge in [-0.3, -0.25) is 14.6 Å². The Labute approximate surface area is 148 Å². The van der Waals surface area contributed by atoms with Crippen molar-refractivity contribution >= 4 is 11.8 Å². The predicted molar refractivity (Wildman–Crippen MR) is 94.1 cm³/mol. The zero-order chi connectivity index (χ0) is 17.9. The van der Waals surface area contributed by atoms with E-state index in [0.29, 0.717) is 25.1 Å². The van der Waals surface area contributed by atoms with Gasteiger partial charge in [0, 0.05) is 45.4 Å². The number of carbonyl (C=O) groups is 2. The molecule has 2 aliphatic heterocycles. The summed E-state index contributed by atoms with van der Waals surface area (Å²) in [5.41, 5.74) is 1.68. The number of piperidine rings is 2. The molecule has 2 fully saturated rings. The Bertz CT molecular complexity index is 621. The molecule has 3 rings (SSSR count). The van der Waals surface area contributed by atoms with E-state index in [9.17, 15) is 9.59 Å². The molecule has 2 amide bonds. The highest BCUT2D eigenvalue weighted by Gasteiger charge is 2.41. The minimum absolute atomic E-state index is 0.00104. The highest BCUT2D eigenvalue weighted by molar-refractivity contribution is 5.92. The summed E-state index contributed by atoms with van der Waals surface area (Å²) in [5.74, 6) is 0.195. The van der Waals surface area contributed by atoms with Crippen molar-refractivity contribution in [3.05, 3.63) is 29.6 Å². The Morgan fingerprint density at radius 2 is 2.04 bits per heavy atom. The van der Waals surface area contributed by atoms with E-state index in [2.05, 4.69) is 4.98 Å². The monoisotopic (exact) mass is 345 g/mol. The van der Waals surface area contributed by atoms with Gasteiger partial charge in [-0.25, -0.2) is 0 Å². The first-order valence-corrected chi connectivity index (χ1v) is 9.14. The van der Waals surface area contributed by atoms with Crippen LogP contribution in [-0.4, -0.2) is 64.5 Å². The van der Waals surface area contributed by atoms with Crippen molar-refractivity contribution in [1.82, 2.24) is 14.8 Å². The molecule has 0 bridgehead atoms. The summed E-state index contributed by atoms with van der Waals surface area (Å²) < 4.78 is 0. The second-order valence-electron chi connectivity index (χ2n) is 7.41. The number of likely N-dealkylation sites (tertiary alicyclic amines) is 2. The molecule has 0 aliphatic carbocycles. The van der Waals surface area contributed by atoms with Crippen LogP contribution in [0.25, 0.3) is 0 Å². The van der Waals surface area contributed by atoms with Gasteiger partial charge in [-0.05, 0) is 49.7 Å². The van der Waals surface area contributed by atoms with E-state index in [1.54, 1.807) is 12.3 Å². The number of rotatable bonds is 4. The van der Waals surface area contributed by atoms with Crippen LogP contribution in [0.5, 0.6) is 0 Å². The van der Waals surface area contributed by atoms with Crippen LogP contribution in [0.3, 0.4) is 0 Å². The van der Waals surface area contributed by atoms with Crippen LogP contribution < -0.4 is 0 Å². The molecular weight excluding hydrogens is 318 g/mol. The van der Waals surface area contributed by atoms with Gasteiger partial charge in [0.15, 0.2) is 0 Å². The van der Waals surface area contributed by atoms with E-state index in [1.807, 2.05) is 22.8 Å². The van der Waals surface area contributed by atoms with Crippen molar-refractivity contribution in [1.29, 1.82) is 0 Å².